The molecule has 0 saturated carbocycles. The summed E-state index contributed by atoms with van der Waals surface area (Å²) in [6, 6.07) is 0.541. The fraction of sp³-hybridized carbons (Fsp3) is 1.00. The number of nitrogens with one attached hydrogen (secondary N) is 1. The van der Waals surface area contributed by atoms with Crippen molar-refractivity contribution in [1.82, 2.24) is 5.32 Å². The molecule has 16 heavy (non-hydrogen) atoms. The summed E-state index contributed by atoms with van der Waals surface area (Å²) in [5.74, 6) is 1.29. The molecule has 92 valence electrons. The first-order valence-corrected chi connectivity index (χ1v) is 6.44. The average Bonchev–Trinajstić information content (AvgIpc) is 2.90. The lowest BCUT2D eigenvalue weighted by Gasteiger charge is -2.25. The Bertz CT molecular complexity index is 230. The number of fused-ring (bicyclic) bond motifs is 1. The number of rotatable bonds is 3. The van der Waals surface area contributed by atoms with Crippen LogP contribution in [-0.4, -0.2) is 51.7 Å². The summed E-state index contributed by atoms with van der Waals surface area (Å²) in [4.78, 5) is 0. The van der Waals surface area contributed by atoms with Gasteiger partial charge in [0, 0.05) is 31.7 Å². The van der Waals surface area contributed by atoms with Crippen LogP contribution < -0.4 is 5.32 Å². The van der Waals surface area contributed by atoms with Gasteiger partial charge in [0.1, 0.15) is 0 Å². The molecule has 3 rings (SSSR count). The average molecular weight is 227 g/mol. The first-order valence-electron chi connectivity index (χ1n) is 6.44. The molecule has 4 heteroatoms. The Hall–Kier alpha value is -0.160. The second-order valence-electron chi connectivity index (χ2n) is 5.14. The van der Waals surface area contributed by atoms with Crippen LogP contribution in [0.15, 0.2) is 0 Å². The van der Waals surface area contributed by atoms with Crippen molar-refractivity contribution >= 4 is 0 Å². The van der Waals surface area contributed by atoms with Gasteiger partial charge in [0.2, 0.25) is 0 Å². The third-order valence-electron chi connectivity index (χ3n) is 4.07. The minimum atomic E-state index is 0.371. The summed E-state index contributed by atoms with van der Waals surface area (Å²) in [6.45, 7) is 5.46. The van der Waals surface area contributed by atoms with E-state index in [0.29, 0.717) is 24.0 Å². The van der Waals surface area contributed by atoms with Crippen molar-refractivity contribution in [3.05, 3.63) is 0 Å². The summed E-state index contributed by atoms with van der Waals surface area (Å²) in [6.07, 6.45) is 2.69. The van der Waals surface area contributed by atoms with Crippen molar-refractivity contribution in [2.24, 2.45) is 11.8 Å². The SMILES string of the molecule is C1CC(CO[C@@H]2CN[C@@H]3COC[C@@H]32)CCO1. The van der Waals surface area contributed by atoms with E-state index < -0.39 is 0 Å². The minimum absolute atomic E-state index is 0.371. The van der Waals surface area contributed by atoms with Crippen LogP contribution in [-0.2, 0) is 14.2 Å². The normalized spacial score (nSPS) is 40.1. The molecule has 1 N–H and O–H groups in total. The third kappa shape index (κ3) is 2.25. The Balaban J connectivity index is 1.44. The highest BCUT2D eigenvalue weighted by atomic mass is 16.5. The smallest absolute Gasteiger partial charge is 0.0765 e. The van der Waals surface area contributed by atoms with Crippen LogP contribution in [0.2, 0.25) is 0 Å². The lowest BCUT2D eigenvalue weighted by molar-refractivity contribution is -0.0226. The molecular weight excluding hydrogens is 206 g/mol. The fourth-order valence-corrected chi connectivity index (χ4v) is 2.92. The lowest BCUT2D eigenvalue weighted by Crippen LogP contribution is -2.29. The van der Waals surface area contributed by atoms with Gasteiger partial charge >= 0.3 is 0 Å². The van der Waals surface area contributed by atoms with Crippen LogP contribution >= 0.6 is 0 Å². The number of hydrogen-bond acceptors (Lipinski definition) is 4. The maximum absolute atomic E-state index is 6.06. The van der Waals surface area contributed by atoms with E-state index in [9.17, 15) is 0 Å². The molecule has 0 bridgehead atoms. The third-order valence-corrected chi connectivity index (χ3v) is 4.07. The van der Waals surface area contributed by atoms with E-state index in [4.69, 9.17) is 14.2 Å². The molecule has 0 aliphatic carbocycles. The maximum atomic E-state index is 6.06. The van der Waals surface area contributed by atoms with Gasteiger partial charge in [0.05, 0.1) is 25.9 Å². The van der Waals surface area contributed by atoms with Gasteiger partial charge in [-0.05, 0) is 18.8 Å². The van der Waals surface area contributed by atoms with Gasteiger partial charge in [-0.3, -0.25) is 0 Å². The summed E-state index contributed by atoms with van der Waals surface area (Å²) < 4.78 is 16.9. The van der Waals surface area contributed by atoms with E-state index in [1.165, 1.54) is 0 Å². The van der Waals surface area contributed by atoms with Crippen molar-refractivity contribution in [3.63, 3.8) is 0 Å². The predicted octanol–water partition coefficient (Wildman–Crippen LogP) is 0.416. The predicted molar refractivity (Wildman–Crippen MR) is 59.4 cm³/mol. The van der Waals surface area contributed by atoms with E-state index in [0.717, 1.165) is 52.4 Å². The highest BCUT2D eigenvalue weighted by Gasteiger charge is 2.40. The van der Waals surface area contributed by atoms with E-state index in [-0.39, 0.29) is 0 Å². The molecule has 3 atom stereocenters. The first kappa shape index (κ1) is 11.0. The van der Waals surface area contributed by atoms with Crippen LogP contribution in [0.1, 0.15) is 12.8 Å². The molecule has 0 spiro atoms. The van der Waals surface area contributed by atoms with Crippen LogP contribution in [0.4, 0.5) is 0 Å². The van der Waals surface area contributed by atoms with Crippen LogP contribution in [0.5, 0.6) is 0 Å². The first-order chi connectivity index (χ1) is 7.93. The quantitative estimate of drug-likeness (QED) is 0.758. The van der Waals surface area contributed by atoms with Crippen molar-refractivity contribution in [2.45, 2.75) is 25.0 Å². The van der Waals surface area contributed by atoms with E-state index in [1.54, 1.807) is 0 Å². The molecule has 0 aromatic heterocycles. The second-order valence-corrected chi connectivity index (χ2v) is 5.14. The van der Waals surface area contributed by atoms with E-state index in [1.807, 2.05) is 0 Å². The zero-order chi connectivity index (χ0) is 10.8. The highest BCUT2D eigenvalue weighted by Crippen LogP contribution is 2.26. The minimum Gasteiger partial charge on any atom is -0.381 e. The molecule has 3 aliphatic heterocycles. The molecule has 0 aromatic rings. The summed E-state index contributed by atoms with van der Waals surface area (Å²) in [7, 11) is 0. The summed E-state index contributed by atoms with van der Waals surface area (Å²) in [5.41, 5.74) is 0. The molecule has 3 saturated heterocycles. The summed E-state index contributed by atoms with van der Waals surface area (Å²) >= 11 is 0. The Morgan fingerprint density at radius 1 is 1.12 bits per heavy atom. The molecule has 0 radical (unpaired) electrons. The molecule has 3 heterocycles. The Kier molecular flexibility index (Phi) is 3.43. The molecule has 3 fully saturated rings. The van der Waals surface area contributed by atoms with Gasteiger partial charge in [0.15, 0.2) is 0 Å². The molecule has 0 amide bonds. The van der Waals surface area contributed by atoms with Crippen LogP contribution in [0.3, 0.4) is 0 Å². The van der Waals surface area contributed by atoms with Crippen LogP contribution in [0.25, 0.3) is 0 Å². The Labute approximate surface area is 96.6 Å². The van der Waals surface area contributed by atoms with Gasteiger partial charge in [0.25, 0.3) is 0 Å². The Morgan fingerprint density at radius 2 is 2.00 bits per heavy atom. The Morgan fingerprint density at radius 3 is 2.88 bits per heavy atom. The maximum Gasteiger partial charge on any atom is 0.0765 e. The standard InChI is InChI=1S/C12H21NO3/c1-3-14-4-2-9(1)6-16-12-5-13-11-8-15-7-10(11)12/h9-13H,1-8H2/t10-,11+,12+/m0/s1. The number of ether oxygens (including phenoxy) is 3. The molecule has 3 aliphatic rings. The van der Waals surface area contributed by atoms with E-state index in [2.05, 4.69) is 5.32 Å². The molecule has 4 nitrogen and oxygen atoms in total. The number of hydrogen-bond donors (Lipinski definition) is 1. The van der Waals surface area contributed by atoms with Gasteiger partial charge in [-0.15, -0.1) is 0 Å². The molecule has 0 unspecified atom stereocenters. The monoisotopic (exact) mass is 227 g/mol. The van der Waals surface area contributed by atoms with Crippen LogP contribution in [0, 0.1) is 11.8 Å². The topological polar surface area (TPSA) is 39.7 Å². The fourth-order valence-electron chi connectivity index (χ4n) is 2.92. The van der Waals surface area contributed by atoms with Crippen molar-refractivity contribution < 1.29 is 14.2 Å². The van der Waals surface area contributed by atoms with Crippen molar-refractivity contribution in [2.75, 3.05) is 39.6 Å². The zero-order valence-corrected chi connectivity index (χ0v) is 9.69. The van der Waals surface area contributed by atoms with Crippen molar-refractivity contribution in [1.29, 1.82) is 0 Å². The van der Waals surface area contributed by atoms with Gasteiger partial charge in [-0.25, -0.2) is 0 Å². The zero-order valence-electron chi connectivity index (χ0n) is 9.69. The second kappa shape index (κ2) is 5.00. The van der Waals surface area contributed by atoms with Gasteiger partial charge in [-0.1, -0.05) is 0 Å². The molecule has 0 aromatic carbocycles. The van der Waals surface area contributed by atoms with Gasteiger partial charge < -0.3 is 19.5 Å². The highest BCUT2D eigenvalue weighted by molar-refractivity contribution is 4.94. The van der Waals surface area contributed by atoms with Gasteiger partial charge in [-0.2, -0.15) is 0 Å². The lowest BCUT2D eigenvalue weighted by atomic mass is 10.00. The largest absolute Gasteiger partial charge is 0.381 e. The van der Waals surface area contributed by atoms with Crippen molar-refractivity contribution in [3.8, 4) is 0 Å². The van der Waals surface area contributed by atoms with E-state index >= 15 is 0 Å². The molecular formula is C12H21NO3. The summed E-state index contributed by atoms with van der Waals surface area (Å²) in [5, 5.41) is 3.48.